The van der Waals surface area contributed by atoms with Crippen LogP contribution in [-0.4, -0.2) is 27.7 Å². The van der Waals surface area contributed by atoms with Crippen molar-refractivity contribution in [2.45, 2.75) is 29.9 Å². The first-order valence-electron chi connectivity index (χ1n) is 5.62. The Bertz CT molecular complexity index is 538. The van der Waals surface area contributed by atoms with Crippen LogP contribution in [0, 0.1) is 0 Å². The largest absolute Gasteiger partial charge is 0.397 e. The Hall–Kier alpha value is -1.31. The molecule has 6 nitrogen and oxygen atoms in total. The molecule has 1 aliphatic carbocycles. The van der Waals surface area contributed by atoms with E-state index in [0.29, 0.717) is 17.8 Å². The second kappa shape index (κ2) is 4.75. The Morgan fingerprint density at radius 2 is 2.06 bits per heavy atom. The summed E-state index contributed by atoms with van der Waals surface area (Å²) in [6.07, 6.45) is 2.15. The molecule has 0 aliphatic heterocycles. The van der Waals surface area contributed by atoms with Crippen LogP contribution in [0.2, 0.25) is 0 Å². The fourth-order valence-electron chi connectivity index (χ4n) is 1.95. The van der Waals surface area contributed by atoms with Gasteiger partial charge in [-0.25, -0.2) is 13.6 Å². The van der Waals surface area contributed by atoms with Gasteiger partial charge in [-0.1, -0.05) is 0 Å². The van der Waals surface area contributed by atoms with E-state index in [9.17, 15) is 8.42 Å². The van der Waals surface area contributed by atoms with Crippen LogP contribution in [0.4, 0.5) is 11.4 Å². The minimum absolute atomic E-state index is 0.0222. The van der Waals surface area contributed by atoms with E-state index in [1.54, 1.807) is 13.2 Å². The molecular weight excluding hydrogens is 254 g/mol. The van der Waals surface area contributed by atoms with Crippen LogP contribution in [0.5, 0.6) is 0 Å². The molecule has 7 heteroatoms. The number of hydrogen-bond acceptors (Lipinski definition) is 5. The highest BCUT2D eigenvalue weighted by molar-refractivity contribution is 7.89. The number of sulfonamides is 1. The van der Waals surface area contributed by atoms with E-state index in [4.69, 9.17) is 15.6 Å². The van der Waals surface area contributed by atoms with Crippen molar-refractivity contribution < 1.29 is 13.2 Å². The standard InChI is InChI=1S/C11H17N3O3S/c1-17-8-4-7(5-8)14-11-3-2-9(6-10(11)12)18(13,15)16/h2-3,6-8,14H,4-5,12H2,1H3,(H2,13,15,16). The number of primary sulfonamides is 1. The molecule has 0 spiro atoms. The third kappa shape index (κ3) is 2.74. The van der Waals surface area contributed by atoms with E-state index < -0.39 is 10.0 Å². The Morgan fingerprint density at radius 1 is 1.39 bits per heavy atom. The molecule has 0 aromatic heterocycles. The summed E-state index contributed by atoms with van der Waals surface area (Å²) in [4.78, 5) is 0.0222. The molecule has 1 fully saturated rings. The molecule has 100 valence electrons. The van der Waals surface area contributed by atoms with Crippen molar-refractivity contribution in [3.63, 3.8) is 0 Å². The maximum absolute atomic E-state index is 11.2. The lowest BCUT2D eigenvalue weighted by Crippen LogP contribution is -2.40. The Kier molecular flexibility index (Phi) is 3.47. The average Bonchev–Trinajstić information content (AvgIpc) is 2.23. The van der Waals surface area contributed by atoms with Gasteiger partial charge in [0.25, 0.3) is 0 Å². The van der Waals surface area contributed by atoms with E-state index in [1.807, 2.05) is 0 Å². The summed E-state index contributed by atoms with van der Waals surface area (Å²) < 4.78 is 27.5. The predicted octanol–water partition coefficient (Wildman–Crippen LogP) is 0.506. The third-order valence-electron chi connectivity index (χ3n) is 3.14. The first kappa shape index (κ1) is 13.1. The minimum atomic E-state index is -3.70. The molecule has 1 saturated carbocycles. The van der Waals surface area contributed by atoms with Crippen LogP contribution in [-0.2, 0) is 14.8 Å². The van der Waals surface area contributed by atoms with Crippen LogP contribution in [0.25, 0.3) is 0 Å². The number of hydrogen-bond donors (Lipinski definition) is 3. The average molecular weight is 271 g/mol. The molecule has 18 heavy (non-hydrogen) atoms. The molecule has 0 bridgehead atoms. The molecule has 5 N–H and O–H groups in total. The summed E-state index contributed by atoms with van der Waals surface area (Å²) in [6.45, 7) is 0. The van der Waals surface area contributed by atoms with Crippen molar-refractivity contribution in [1.29, 1.82) is 0 Å². The highest BCUT2D eigenvalue weighted by atomic mass is 32.2. The van der Waals surface area contributed by atoms with Crippen molar-refractivity contribution in [3.8, 4) is 0 Å². The van der Waals surface area contributed by atoms with Gasteiger partial charge < -0.3 is 15.8 Å². The zero-order valence-electron chi connectivity index (χ0n) is 10.1. The third-order valence-corrected chi connectivity index (χ3v) is 4.05. The first-order chi connectivity index (χ1) is 8.40. The van der Waals surface area contributed by atoms with E-state index in [-0.39, 0.29) is 4.90 Å². The van der Waals surface area contributed by atoms with Crippen molar-refractivity contribution in [1.82, 2.24) is 0 Å². The van der Waals surface area contributed by atoms with E-state index in [0.717, 1.165) is 18.5 Å². The maximum Gasteiger partial charge on any atom is 0.238 e. The van der Waals surface area contributed by atoms with Gasteiger partial charge in [-0.15, -0.1) is 0 Å². The summed E-state index contributed by atoms with van der Waals surface area (Å²) >= 11 is 0. The van der Waals surface area contributed by atoms with Crippen molar-refractivity contribution in [2.24, 2.45) is 5.14 Å². The quantitative estimate of drug-likeness (QED) is 0.691. The summed E-state index contributed by atoms with van der Waals surface area (Å²) in [5.41, 5.74) is 6.90. The fraction of sp³-hybridized carbons (Fsp3) is 0.455. The molecule has 0 amide bonds. The normalized spacial score (nSPS) is 23.4. The Balaban J connectivity index is 2.07. The monoisotopic (exact) mass is 271 g/mol. The van der Waals surface area contributed by atoms with Crippen LogP contribution >= 0.6 is 0 Å². The van der Waals surface area contributed by atoms with Gasteiger partial charge in [-0.05, 0) is 31.0 Å². The topological polar surface area (TPSA) is 107 Å². The Labute approximate surface area is 106 Å². The van der Waals surface area contributed by atoms with Gasteiger partial charge in [0.15, 0.2) is 0 Å². The van der Waals surface area contributed by atoms with Crippen molar-refractivity contribution in [3.05, 3.63) is 18.2 Å². The second-order valence-corrected chi connectivity index (χ2v) is 6.03. The van der Waals surface area contributed by atoms with Crippen molar-refractivity contribution >= 4 is 21.4 Å². The molecule has 1 aromatic rings. The van der Waals surface area contributed by atoms with Gasteiger partial charge in [0.1, 0.15) is 0 Å². The minimum Gasteiger partial charge on any atom is -0.397 e. The summed E-state index contributed by atoms with van der Waals surface area (Å²) in [6, 6.07) is 4.76. The van der Waals surface area contributed by atoms with E-state index in [1.165, 1.54) is 12.1 Å². The number of methoxy groups -OCH3 is 1. The molecule has 1 aromatic carbocycles. The zero-order chi connectivity index (χ0) is 13.3. The number of nitrogens with one attached hydrogen (secondary N) is 1. The first-order valence-corrected chi connectivity index (χ1v) is 7.16. The van der Waals surface area contributed by atoms with E-state index in [2.05, 4.69) is 5.32 Å². The smallest absolute Gasteiger partial charge is 0.238 e. The van der Waals surface area contributed by atoms with Crippen LogP contribution in [0.1, 0.15) is 12.8 Å². The molecular formula is C11H17N3O3S. The highest BCUT2D eigenvalue weighted by Gasteiger charge is 2.29. The SMILES string of the molecule is COC1CC(Nc2ccc(S(N)(=O)=O)cc2N)C1. The summed E-state index contributed by atoms with van der Waals surface area (Å²) in [5.74, 6) is 0. The number of ether oxygens (including phenoxy) is 1. The summed E-state index contributed by atoms with van der Waals surface area (Å²) in [7, 11) is -2.01. The lowest BCUT2D eigenvalue weighted by molar-refractivity contribution is 0.0329. The second-order valence-electron chi connectivity index (χ2n) is 4.46. The van der Waals surface area contributed by atoms with Crippen molar-refractivity contribution in [2.75, 3.05) is 18.2 Å². The molecule has 0 atom stereocenters. The highest BCUT2D eigenvalue weighted by Crippen LogP contribution is 2.29. The molecule has 0 unspecified atom stereocenters. The van der Waals surface area contributed by atoms with Crippen LogP contribution in [0.3, 0.4) is 0 Å². The molecule has 0 radical (unpaired) electrons. The van der Waals surface area contributed by atoms with Gasteiger partial charge >= 0.3 is 0 Å². The zero-order valence-corrected chi connectivity index (χ0v) is 10.9. The predicted molar refractivity (Wildman–Crippen MR) is 69.7 cm³/mol. The van der Waals surface area contributed by atoms with Gasteiger partial charge in [0.05, 0.1) is 22.4 Å². The molecule has 1 aliphatic rings. The summed E-state index contributed by atoms with van der Waals surface area (Å²) in [5, 5.41) is 8.28. The Morgan fingerprint density at radius 3 is 2.56 bits per heavy atom. The lowest BCUT2D eigenvalue weighted by atomic mass is 9.89. The molecule has 0 heterocycles. The number of anilines is 2. The number of rotatable bonds is 4. The van der Waals surface area contributed by atoms with Gasteiger partial charge in [-0.2, -0.15) is 0 Å². The van der Waals surface area contributed by atoms with Crippen LogP contribution < -0.4 is 16.2 Å². The number of nitrogens with two attached hydrogens (primary N) is 2. The van der Waals surface area contributed by atoms with Gasteiger partial charge in [-0.3, -0.25) is 0 Å². The van der Waals surface area contributed by atoms with Gasteiger partial charge in [0, 0.05) is 13.2 Å². The lowest BCUT2D eigenvalue weighted by Gasteiger charge is -2.35. The fourth-order valence-corrected chi connectivity index (χ4v) is 2.49. The van der Waals surface area contributed by atoms with Gasteiger partial charge in [0.2, 0.25) is 10.0 Å². The molecule has 2 rings (SSSR count). The van der Waals surface area contributed by atoms with E-state index >= 15 is 0 Å². The number of nitrogen functional groups attached to an aromatic ring is 1. The molecule has 0 saturated heterocycles. The number of benzene rings is 1. The van der Waals surface area contributed by atoms with Crippen LogP contribution in [0.15, 0.2) is 23.1 Å². The maximum atomic E-state index is 11.2.